The first-order chi connectivity index (χ1) is 40.3. The Morgan fingerprint density at radius 1 is 0.255 bits per heavy atom. The van der Waals surface area contributed by atoms with E-state index in [1.54, 1.807) is 0 Å². The number of ether oxygens (including phenoxy) is 2. The van der Waals surface area contributed by atoms with Crippen LogP contribution in [0, 0.1) is 0 Å². The van der Waals surface area contributed by atoms with Gasteiger partial charge in [0, 0.05) is 12.8 Å². The second kappa shape index (κ2) is 23.7. The first-order valence-corrected chi connectivity index (χ1v) is 21.5. The summed E-state index contributed by atoms with van der Waals surface area (Å²) in [6.45, 7) is -5.47. The molecule has 2 atom stereocenters. The van der Waals surface area contributed by atoms with E-state index in [1.165, 1.54) is 0 Å². The van der Waals surface area contributed by atoms with Gasteiger partial charge in [-0.2, -0.15) is 220 Å². The molecule has 0 aliphatic heterocycles. The average molecular weight is 1520 g/mol. The van der Waals surface area contributed by atoms with Gasteiger partial charge in [0.2, 0.25) is 0 Å². The van der Waals surface area contributed by atoms with E-state index in [2.05, 4.69) is 9.47 Å². The van der Waals surface area contributed by atoms with Gasteiger partial charge in [-0.1, -0.05) is 12.1 Å². The predicted molar refractivity (Wildman–Crippen MR) is 189 cm³/mol. The fourth-order valence-corrected chi connectivity index (χ4v) is 6.27. The van der Waals surface area contributed by atoms with Gasteiger partial charge in [0.25, 0.3) is 0 Å². The van der Waals surface area contributed by atoms with Crippen LogP contribution in [0.1, 0.15) is 33.6 Å². The molecule has 0 fully saturated rings. The third kappa shape index (κ3) is 11.8. The molecule has 56 heteroatoms. The number of hydrogen-bond donors (Lipinski definition) is 2. The van der Waals surface area contributed by atoms with Crippen molar-refractivity contribution in [3.05, 3.63) is 35.4 Å². The second-order valence-corrected chi connectivity index (χ2v) is 18.4. The molecule has 2 unspecified atom stereocenters. The molecule has 0 bridgehead atoms. The quantitative estimate of drug-likeness (QED) is 0.0589. The molecule has 0 heterocycles. The lowest BCUT2D eigenvalue weighted by molar-refractivity contribution is -0.482. The van der Waals surface area contributed by atoms with E-state index in [0.717, 1.165) is 0 Å². The highest BCUT2D eigenvalue weighted by Crippen LogP contribution is 2.71. The second-order valence-electron chi connectivity index (χ2n) is 18.4. The Morgan fingerprint density at radius 3 is 0.543 bits per heavy atom. The summed E-state index contributed by atoms with van der Waals surface area (Å²) in [6.07, 6.45) is -33.0. The van der Waals surface area contributed by atoms with E-state index in [9.17, 15) is 239 Å². The molecule has 6 nitrogen and oxygen atoms in total. The van der Waals surface area contributed by atoms with Crippen molar-refractivity contribution in [1.29, 1.82) is 0 Å². The molecule has 0 radical (unpaired) electrons. The molecular formula is C38H16F50O6. The fraction of sp³-hybridized carbons (Fsp3) is 0.789. The zero-order valence-electron chi connectivity index (χ0n) is 41.7. The van der Waals surface area contributed by atoms with E-state index >= 15 is 0 Å². The van der Waals surface area contributed by atoms with Crippen LogP contribution < -0.4 is 0 Å². The van der Waals surface area contributed by atoms with Crippen molar-refractivity contribution in [2.45, 2.75) is 168 Å². The number of carbonyl (C=O) groups excluding carboxylic acids is 2. The monoisotopic (exact) mass is 1520 g/mol. The number of carbonyl (C=O) groups is 2. The van der Waals surface area contributed by atoms with Crippen LogP contribution in [0.2, 0.25) is 0 Å². The highest BCUT2D eigenvalue weighted by molar-refractivity contribution is 6.03. The summed E-state index contributed by atoms with van der Waals surface area (Å²) in [5.74, 6) is -212. The summed E-state index contributed by atoms with van der Waals surface area (Å²) >= 11 is 0. The Kier molecular flexibility index (Phi) is 21.8. The van der Waals surface area contributed by atoms with Crippen molar-refractivity contribution in [1.82, 2.24) is 0 Å². The molecule has 0 aromatic heterocycles. The molecule has 0 saturated heterocycles. The van der Waals surface area contributed by atoms with Gasteiger partial charge < -0.3 is 19.7 Å². The van der Waals surface area contributed by atoms with E-state index in [4.69, 9.17) is 0 Å². The summed E-state index contributed by atoms with van der Waals surface area (Å²) in [6, 6.07) is 0.732. The molecule has 0 spiro atoms. The van der Waals surface area contributed by atoms with Gasteiger partial charge in [-0.15, -0.1) is 0 Å². The van der Waals surface area contributed by atoms with Gasteiger partial charge in [-0.25, -0.2) is 9.59 Å². The number of esters is 2. The summed E-state index contributed by atoms with van der Waals surface area (Å²) < 4.78 is 696. The number of benzene rings is 1. The van der Waals surface area contributed by atoms with Gasteiger partial charge in [-0.3, -0.25) is 0 Å². The normalized spacial score (nSPS) is 16.9. The van der Waals surface area contributed by atoms with E-state index in [1.807, 2.05) is 0 Å². The van der Waals surface area contributed by atoms with Crippen LogP contribution in [-0.4, -0.2) is 190 Å². The van der Waals surface area contributed by atoms with Crippen molar-refractivity contribution in [3.8, 4) is 0 Å². The van der Waals surface area contributed by atoms with Crippen LogP contribution in [-0.2, 0) is 9.47 Å². The summed E-state index contributed by atoms with van der Waals surface area (Å²) in [4.78, 5) is 25.0. The van der Waals surface area contributed by atoms with Crippen LogP contribution in [0.3, 0.4) is 0 Å². The summed E-state index contributed by atoms with van der Waals surface area (Å²) in [7, 11) is 0. The van der Waals surface area contributed by atoms with Crippen LogP contribution in [0.25, 0.3) is 0 Å². The lowest BCUT2D eigenvalue weighted by Gasteiger charge is -2.45. The lowest BCUT2D eigenvalue weighted by Crippen LogP contribution is -2.78. The third-order valence-corrected chi connectivity index (χ3v) is 11.9. The van der Waals surface area contributed by atoms with Crippen molar-refractivity contribution < 1.29 is 249 Å². The maximum absolute atomic E-state index is 14.5. The van der Waals surface area contributed by atoms with Gasteiger partial charge in [0.05, 0.1) is 23.3 Å². The van der Waals surface area contributed by atoms with Crippen molar-refractivity contribution >= 4 is 11.9 Å². The van der Waals surface area contributed by atoms with Gasteiger partial charge in [0.15, 0.2) is 0 Å². The van der Waals surface area contributed by atoms with Crippen LogP contribution in [0.5, 0.6) is 0 Å². The molecule has 2 N–H and O–H groups in total. The summed E-state index contributed by atoms with van der Waals surface area (Å²) in [5, 5.41) is 19.1. The Labute approximate surface area is 478 Å². The maximum Gasteiger partial charge on any atom is 0.460 e. The minimum absolute atomic E-state index is 0.00739. The van der Waals surface area contributed by atoms with Crippen molar-refractivity contribution in [2.75, 3.05) is 13.2 Å². The molecule has 0 amide bonds. The third-order valence-electron chi connectivity index (χ3n) is 11.9. The number of halogens is 50. The molecule has 94 heavy (non-hydrogen) atoms. The van der Waals surface area contributed by atoms with Gasteiger partial charge in [0.1, 0.15) is 13.2 Å². The number of aliphatic hydroxyl groups excluding tert-OH is 2. The number of rotatable bonds is 30. The molecule has 1 rings (SSSR count). The van der Waals surface area contributed by atoms with Gasteiger partial charge in [-0.05, 0) is 12.1 Å². The Hall–Kier alpha value is -5.42. The molecule has 1 aromatic rings. The predicted octanol–water partition coefficient (Wildman–Crippen LogP) is 16.6. The lowest BCUT2D eigenvalue weighted by atomic mass is 9.84. The SMILES string of the molecule is O=C(OCC(O)CC(F)(F)C(F)(F)C(F)(F)C(F)(F)C(F)(F)C(F)(F)C(F)(F)C(F)(F)C(F)(F)C(F)(F)C(F)(F)C(F)(F)F)c1ccccc1C(=O)OCC(O)CC(F)(F)C(F)(F)C(F)(F)C(F)(F)C(F)(F)C(F)(F)C(F)(F)C(F)(F)C(F)(F)C(F)(F)C(F)(F)C(F)(F)F. The van der Waals surface area contributed by atoms with Crippen molar-refractivity contribution in [3.63, 3.8) is 0 Å². The van der Waals surface area contributed by atoms with E-state index < -0.39 is 204 Å². The first kappa shape index (κ1) is 86.6. The fourth-order valence-electron chi connectivity index (χ4n) is 6.27. The number of aliphatic hydroxyl groups is 2. The minimum Gasteiger partial charge on any atom is -0.459 e. The Bertz CT molecular complexity index is 2670. The smallest absolute Gasteiger partial charge is 0.459 e. The molecule has 554 valence electrons. The zero-order valence-corrected chi connectivity index (χ0v) is 41.7. The van der Waals surface area contributed by atoms with Crippen LogP contribution in [0.4, 0.5) is 220 Å². The standard InChI is InChI=1S/C38H16F50O6/c39-15(40,17(43,44)19(47,48)21(51,52)23(55,56)25(59,60)27(63,64)29(67,68)31(71,72)33(75,76)35(79,80)37(83,84)85)5-9(89)7-93-13(91)11-3-1-2-4-12(11)14(92)94-8-10(90)6-16(41,42)18(45,46)20(49,50)22(53,54)24(57,58)26(61,62)28(65,66)30(69,70)32(73,74)34(77,78)36(81,82)38(86,87)88/h1-4,9-10,89-90H,5-8H2. The first-order valence-electron chi connectivity index (χ1n) is 21.5. The Morgan fingerprint density at radius 2 is 0.394 bits per heavy atom. The molecule has 0 aliphatic carbocycles. The molecule has 0 aliphatic rings. The van der Waals surface area contributed by atoms with Crippen LogP contribution in [0.15, 0.2) is 24.3 Å². The zero-order chi connectivity index (χ0) is 76.5. The molecule has 0 saturated carbocycles. The summed E-state index contributed by atoms with van der Waals surface area (Å²) in [5.41, 5.74) is -3.56. The highest BCUT2D eigenvalue weighted by Gasteiger charge is 3.02. The minimum atomic E-state index is -9.99. The topological polar surface area (TPSA) is 93.1 Å². The van der Waals surface area contributed by atoms with Gasteiger partial charge >= 0.3 is 155 Å². The van der Waals surface area contributed by atoms with Crippen LogP contribution >= 0.6 is 0 Å². The number of alkyl halides is 50. The Balaban J connectivity index is 3.54. The van der Waals surface area contributed by atoms with E-state index in [-0.39, 0.29) is 12.1 Å². The van der Waals surface area contributed by atoms with Crippen molar-refractivity contribution in [2.24, 2.45) is 0 Å². The number of hydrogen-bond acceptors (Lipinski definition) is 6. The van der Waals surface area contributed by atoms with E-state index in [0.29, 0.717) is 12.1 Å². The largest absolute Gasteiger partial charge is 0.460 e. The molecule has 1 aromatic carbocycles. The molecular weight excluding hydrogens is 1500 g/mol. The maximum atomic E-state index is 14.5. The average Bonchev–Trinajstić information content (AvgIpc) is 0.690. The highest BCUT2D eigenvalue weighted by atomic mass is 19.5.